The van der Waals surface area contributed by atoms with Crippen molar-refractivity contribution in [2.75, 3.05) is 4.72 Å². The van der Waals surface area contributed by atoms with Crippen molar-refractivity contribution < 1.29 is 16.8 Å². The maximum Gasteiger partial charge on any atom is 0.268 e. The van der Waals surface area contributed by atoms with Gasteiger partial charge in [-0.05, 0) is 57.5 Å². The molecule has 0 fully saturated rings. The number of aromatic nitrogens is 1. The van der Waals surface area contributed by atoms with Gasteiger partial charge in [-0.15, -0.1) is 0 Å². The highest BCUT2D eigenvalue weighted by molar-refractivity contribution is 7.93. The molecule has 0 atom stereocenters. The molecule has 0 aliphatic rings. The van der Waals surface area contributed by atoms with E-state index in [9.17, 15) is 16.8 Å². The number of anilines is 1. The molecule has 0 unspecified atom stereocenters. The van der Waals surface area contributed by atoms with Gasteiger partial charge in [0, 0.05) is 5.69 Å². The molecule has 148 valence electrons. The summed E-state index contributed by atoms with van der Waals surface area (Å²) in [7, 11) is -7.86. The molecule has 0 amide bonds. The third-order valence-corrected chi connectivity index (χ3v) is 7.91. The summed E-state index contributed by atoms with van der Waals surface area (Å²) >= 11 is 0. The van der Waals surface area contributed by atoms with Gasteiger partial charge in [0.25, 0.3) is 20.0 Å². The quantitative estimate of drug-likeness (QED) is 0.684. The van der Waals surface area contributed by atoms with Gasteiger partial charge in [-0.25, -0.2) is 20.8 Å². The van der Waals surface area contributed by atoms with Crippen LogP contribution in [-0.2, 0) is 20.0 Å². The minimum Gasteiger partial charge on any atom is -0.279 e. The van der Waals surface area contributed by atoms with Crippen molar-refractivity contribution in [2.45, 2.75) is 37.5 Å². The van der Waals surface area contributed by atoms with Gasteiger partial charge < -0.3 is 0 Å². The van der Waals surface area contributed by atoms with Gasteiger partial charge in [-0.2, -0.15) is 0 Å². The van der Waals surface area contributed by atoms with Crippen molar-refractivity contribution in [3.05, 3.63) is 77.1 Å². The lowest BCUT2D eigenvalue weighted by Crippen LogP contribution is -2.18. The predicted molar refractivity (Wildman–Crippen MR) is 110 cm³/mol. The zero-order chi connectivity index (χ0) is 20.7. The average molecular weight is 419 g/mol. The second-order valence-corrected chi connectivity index (χ2v) is 10.2. The van der Waals surface area contributed by atoms with Crippen molar-refractivity contribution in [3.63, 3.8) is 0 Å². The normalized spacial score (nSPS) is 12.1. The van der Waals surface area contributed by atoms with Gasteiger partial charge >= 0.3 is 0 Å². The molecule has 1 aromatic heterocycles. The van der Waals surface area contributed by atoms with Gasteiger partial charge in [-0.1, -0.05) is 35.9 Å². The first kappa shape index (κ1) is 20.2. The van der Waals surface area contributed by atoms with E-state index in [1.54, 1.807) is 31.2 Å². The molecule has 28 heavy (non-hydrogen) atoms. The standard InChI is InChI=1S/C20H22N2O4S2/c1-14-10-11-19(15(2)12-14)21-27(23,24)20-13-16(3)22(17(20)4)28(25,26)18-8-6-5-7-9-18/h5-13,21H,1-4H3. The Morgan fingerprint density at radius 3 is 2.07 bits per heavy atom. The predicted octanol–water partition coefficient (Wildman–Crippen LogP) is 3.76. The summed E-state index contributed by atoms with van der Waals surface area (Å²) in [5, 5.41) is 0. The summed E-state index contributed by atoms with van der Waals surface area (Å²) in [4.78, 5) is 0.0348. The molecular weight excluding hydrogens is 396 g/mol. The first-order valence-corrected chi connectivity index (χ1v) is 11.6. The van der Waals surface area contributed by atoms with Crippen LogP contribution in [-0.4, -0.2) is 20.8 Å². The van der Waals surface area contributed by atoms with Crippen molar-refractivity contribution in [3.8, 4) is 0 Å². The minimum atomic E-state index is -3.96. The summed E-state index contributed by atoms with van der Waals surface area (Å²) in [5.74, 6) is 0. The smallest absolute Gasteiger partial charge is 0.268 e. The van der Waals surface area contributed by atoms with Crippen LogP contribution in [0.15, 0.2) is 64.4 Å². The van der Waals surface area contributed by atoms with Crippen LogP contribution in [0.2, 0.25) is 0 Å². The first-order valence-electron chi connectivity index (χ1n) is 8.63. The Hall–Kier alpha value is -2.58. The van der Waals surface area contributed by atoms with E-state index in [0.717, 1.165) is 15.1 Å². The van der Waals surface area contributed by atoms with Crippen LogP contribution < -0.4 is 4.72 Å². The monoisotopic (exact) mass is 418 g/mol. The topological polar surface area (TPSA) is 85.2 Å². The number of hydrogen-bond acceptors (Lipinski definition) is 4. The van der Waals surface area contributed by atoms with Gasteiger partial charge in [0.15, 0.2) is 0 Å². The molecule has 1 heterocycles. The van der Waals surface area contributed by atoms with E-state index in [4.69, 9.17) is 0 Å². The first-order chi connectivity index (χ1) is 13.0. The van der Waals surface area contributed by atoms with E-state index in [2.05, 4.69) is 4.72 Å². The van der Waals surface area contributed by atoms with E-state index >= 15 is 0 Å². The van der Waals surface area contributed by atoms with Gasteiger partial charge in [-0.3, -0.25) is 4.72 Å². The lowest BCUT2D eigenvalue weighted by Gasteiger charge is -2.13. The maximum absolute atomic E-state index is 13.0. The largest absolute Gasteiger partial charge is 0.279 e. The Balaban J connectivity index is 2.08. The summed E-state index contributed by atoms with van der Waals surface area (Å²) < 4.78 is 55.6. The number of aryl methyl sites for hydroxylation is 3. The fourth-order valence-electron chi connectivity index (χ4n) is 3.18. The molecule has 0 saturated carbocycles. The summed E-state index contributed by atoms with van der Waals surface area (Å²) in [6.07, 6.45) is 0. The lowest BCUT2D eigenvalue weighted by molar-refractivity contribution is 0.584. The van der Waals surface area contributed by atoms with Crippen LogP contribution >= 0.6 is 0 Å². The van der Waals surface area contributed by atoms with Crippen molar-refractivity contribution in [2.24, 2.45) is 0 Å². The Morgan fingerprint density at radius 1 is 0.821 bits per heavy atom. The number of hydrogen-bond donors (Lipinski definition) is 1. The molecule has 0 saturated heterocycles. The number of rotatable bonds is 5. The van der Waals surface area contributed by atoms with E-state index in [1.165, 1.54) is 25.1 Å². The van der Waals surface area contributed by atoms with Crippen molar-refractivity contribution in [1.82, 2.24) is 3.97 Å². The van der Waals surface area contributed by atoms with E-state index in [1.807, 2.05) is 26.0 Å². The molecule has 3 aromatic rings. The zero-order valence-electron chi connectivity index (χ0n) is 16.1. The molecule has 0 aliphatic heterocycles. The van der Waals surface area contributed by atoms with Crippen LogP contribution in [0.5, 0.6) is 0 Å². The maximum atomic E-state index is 13.0. The third kappa shape index (κ3) is 3.57. The highest BCUT2D eigenvalue weighted by atomic mass is 32.2. The Labute approximate surface area is 165 Å². The van der Waals surface area contributed by atoms with Gasteiger partial charge in [0.05, 0.1) is 16.3 Å². The molecule has 0 bridgehead atoms. The highest BCUT2D eigenvalue weighted by Gasteiger charge is 2.28. The van der Waals surface area contributed by atoms with Crippen molar-refractivity contribution in [1.29, 1.82) is 0 Å². The zero-order valence-corrected chi connectivity index (χ0v) is 17.7. The number of nitrogens with zero attached hydrogens (tertiary/aromatic N) is 1. The fourth-order valence-corrected chi connectivity index (χ4v) is 6.28. The van der Waals surface area contributed by atoms with Crippen LogP contribution in [0.4, 0.5) is 5.69 Å². The summed E-state index contributed by atoms with van der Waals surface area (Å²) in [5.41, 5.74) is 2.73. The summed E-state index contributed by atoms with van der Waals surface area (Å²) in [6.45, 7) is 6.80. The molecule has 8 heteroatoms. The van der Waals surface area contributed by atoms with Crippen LogP contribution in [0.1, 0.15) is 22.5 Å². The van der Waals surface area contributed by atoms with Crippen molar-refractivity contribution >= 4 is 25.7 Å². The molecule has 6 nitrogen and oxygen atoms in total. The molecule has 3 rings (SSSR count). The number of sulfonamides is 1. The fraction of sp³-hybridized carbons (Fsp3) is 0.200. The van der Waals surface area contributed by atoms with E-state index in [-0.39, 0.29) is 15.5 Å². The third-order valence-electron chi connectivity index (χ3n) is 4.52. The molecule has 0 spiro atoms. The van der Waals surface area contributed by atoms with Gasteiger partial charge in [0.1, 0.15) is 4.90 Å². The average Bonchev–Trinajstić information content (AvgIpc) is 2.94. The Bertz CT molecular complexity index is 1240. The number of nitrogens with one attached hydrogen (secondary N) is 1. The van der Waals surface area contributed by atoms with Crippen LogP contribution in [0.25, 0.3) is 0 Å². The minimum absolute atomic E-state index is 0.0653. The molecule has 0 radical (unpaired) electrons. The number of benzene rings is 2. The summed E-state index contributed by atoms with van der Waals surface area (Å²) in [6, 6.07) is 14.7. The van der Waals surface area contributed by atoms with Crippen LogP contribution in [0, 0.1) is 27.7 Å². The Morgan fingerprint density at radius 2 is 1.46 bits per heavy atom. The second kappa shape index (κ2) is 7.10. The molecular formula is C20H22N2O4S2. The van der Waals surface area contributed by atoms with E-state index in [0.29, 0.717) is 11.4 Å². The van der Waals surface area contributed by atoms with Crippen LogP contribution in [0.3, 0.4) is 0 Å². The molecule has 1 N–H and O–H groups in total. The Kier molecular flexibility index (Phi) is 5.12. The molecule has 2 aromatic carbocycles. The SMILES string of the molecule is Cc1ccc(NS(=O)(=O)c2cc(C)n(S(=O)(=O)c3ccccc3)c2C)c(C)c1. The highest BCUT2D eigenvalue weighted by Crippen LogP contribution is 2.28. The second-order valence-electron chi connectivity index (χ2n) is 6.74. The van der Waals surface area contributed by atoms with Gasteiger partial charge in [0.2, 0.25) is 0 Å². The molecule has 0 aliphatic carbocycles. The lowest BCUT2D eigenvalue weighted by atomic mass is 10.1. The van der Waals surface area contributed by atoms with E-state index < -0.39 is 20.0 Å².